The molecule has 0 spiro atoms. The number of hydrogen-bond donors (Lipinski definition) is 1. The summed E-state index contributed by atoms with van der Waals surface area (Å²) in [6.45, 7) is 5.92. The predicted molar refractivity (Wildman–Crippen MR) is 75.0 cm³/mol. The molecule has 1 N–H and O–H groups in total. The first-order chi connectivity index (χ1) is 9.33. The van der Waals surface area contributed by atoms with Gasteiger partial charge in [0.2, 0.25) is 0 Å². The largest absolute Gasteiger partial charge is 0.396 e. The molecular formula is C15H25N3O. The Kier molecular flexibility index (Phi) is 3.89. The minimum absolute atomic E-state index is 0.311. The average molecular weight is 263 g/mol. The van der Waals surface area contributed by atoms with E-state index in [1.807, 2.05) is 6.20 Å². The Labute approximate surface area is 115 Å². The van der Waals surface area contributed by atoms with Crippen molar-refractivity contribution in [2.24, 2.45) is 5.92 Å². The van der Waals surface area contributed by atoms with E-state index in [0.717, 1.165) is 25.9 Å². The van der Waals surface area contributed by atoms with Gasteiger partial charge in [-0.2, -0.15) is 0 Å². The third-order valence-electron chi connectivity index (χ3n) is 4.80. The van der Waals surface area contributed by atoms with E-state index in [9.17, 15) is 5.11 Å². The van der Waals surface area contributed by atoms with E-state index in [4.69, 9.17) is 4.98 Å². The van der Waals surface area contributed by atoms with Gasteiger partial charge in [-0.3, -0.25) is 4.90 Å². The molecule has 0 aliphatic carbocycles. The zero-order valence-electron chi connectivity index (χ0n) is 11.9. The van der Waals surface area contributed by atoms with Crippen molar-refractivity contribution in [1.29, 1.82) is 0 Å². The first-order valence-electron chi connectivity index (χ1n) is 7.72. The van der Waals surface area contributed by atoms with Crippen molar-refractivity contribution >= 4 is 0 Å². The molecule has 0 radical (unpaired) electrons. The summed E-state index contributed by atoms with van der Waals surface area (Å²) in [6, 6.07) is 0.512. The highest BCUT2D eigenvalue weighted by molar-refractivity contribution is 5.12. The second-order valence-electron chi connectivity index (χ2n) is 5.94. The van der Waals surface area contributed by atoms with Crippen LogP contribution in [-0.2, 0) is 13.0 Å². The van der Waals surface area contributed by atoms with Crippen LogP contribution in [0.4, 0.5) is 0 Å². The molecule has 0 amide bonds. The van der Waals surface area contributed by atoms with Crippen molar-refractivity contribution in [3.63, 3.8) is 0 Å². The maximum absolute atomic E-state index is 9.31. The minimum atomic E-state index is 0.311. The van der Waals surface area contributed by atoms with Crippen molar-refractivity contribution in [3.05, 3.63) is 17.7 Å². The molecule has 0 aromatic carbocycles. The molecule has 1 saturated heterocycles. The second kappa shape index (κ2) is 5.63. The summed E-state index contributed by atoms with van der Waals surface area (Å²) in [6.07, 6.45) is 8.01. The van der Waals surface area contributed by atoms with Gasteiger partial charge in [0.25, 0.3) is 0 Å². The molecule has 2 atom stereocenters. The Hall–Kier alpha value is -0.870. The zero-order chi connectivity index (χ0) is 13.2. The summed E-state index contributed by atoms with van der Waals surface area (Å²) < 4.78 is 2.42. The molecule has 1 aromatic rings. The van der Waals surface area contributed by atoms with Crippen LogP contribution in [0.2, 0.25) is 0 Å². The fourth-order valence-electron chi connectivity index (χ4n) is 3.64. The topological polar surface area (TPSA) is 41.3 Å². The van der Waals surface area contributed by atoms with Crippen molar-refractivity contribution in [1.82, 2.24) is 14.5 Å². The molecule has 4 heteroatoms. The SMILES string of the molecule is CCN1CCCCC1c1ncc2n1CCC(CO)C2. The normalized spacial score (nSPS) is 28.3. The molecule has 2 aliphatic rings. The van der Waals surface area contributed by atoms with Crippen LogP contribution in [0.1, 0.15) is 50.2 Å². The van der Waals surface area contributed by atoms with E-state index in [1.165, 1.54) is 37.3 Å². The van der Waals surface area contributed by atoms with Gasteiger partial charge in [0.1, 0.15) is 5.82 Å². The molecule has 19 heavy (non-hydrogen) atoms. The fourth-order valence-corrected chi connectivity index (χ4v) is 3.64. The van der Waals surface area contributed by atoms with Crippen LogP contribution in [-0.4, -0.2) is 39.3 Å². The van der Waals surface area contributed by atoms with E-state index < -0.39 is 0 Å². The third kappa shape index (κ3) is 2.43. The van der Waals surface area contributed by atoms with Gasteiger partial charge in [-0.1, -0.05) is 13.3 Å². The number of likely N-dealkylation sites (tertiary alicyclic amines) is 1. The Morgan fingerprint density at radius 3 is 3.00 bits per heavy atom. The predicted octanol–water partition coefficient (Wildman–Crippen LogP) is 1.98. The van der Waals surface area contributed by atoms with Gasteiger partial charge in [-0.15, -0.1) is 0 Å². The summed E-state index contributed by atoms with van der Waals surface area (Å²) in [7, 11) is 0. The maximum Gasteiger partial charge on any atom is 0.126 e. The van der Waals surface area contributed by atoms with E-state index >= 15 is 0 Å². The third-order valence-corrected chi connectivity index (χ3v) is 4.80. The van der Waals surface area contributed by atoms with Crippen LogP contribution in [0.15, 0.2) is 6.20 Å². The summed E-state index contributed by atoms with van der Waals surface area (Å²) in [5, 5.41) is 9.31. The van der Waals surface area contributed by atoms with Crippen molar-refractivity contribution in [2.75, 3.05) is 19.7 Å². The van der Waals surface area contributed by atoms with Crippen LogP contribution in [0, 0.1) is 5.92 Å². The minimum Gasteiger partial charge on any atom is -0.396 e. The number of piperidine rings is 1. The molecule has 0 bridgehead atoms. The first-order valence-corrected chi connectivity index (χ1v) is 7.72. The van der Waals surface area contributed by atoms with Gasteiger partial charge in [-0.25, -0.2) is 4.98 Å². The quantitative estimate of drug-likeness (QED) is 0.906. The van der Waals surface area contributed by atoms with Crippen LogP contribution >= 0.6 is 0 Å². The van der Waals surface area contributed by atoms with Crippen LogP contribution < -0.4 is 0 Å². The Morgan fingerprint density at radius 2 is 2.21 bits per heavy atom. The number of aromatic nitrogens is 2. The lowest BCUT2D eigenvalue weighted by atomic mass is 9.96. The van der Waals surface area contributed by atoms with Gasteiger partial charge in [0.05, 0.1) is 6.04 Å². The number of nitrogens with zero attached hydrogens (tertiary/aromatic N) is 3. The number of fused-ring (bicyclic) bond motifs is 1. The van der Waals surface area contributed by atoms with Crippen molar-refractivity contribution in [3.8, 4) is 0 Å². The lowest BCUT2D eigenvalue weighted by molar-refractivity contribution is 0.143. The molecule has 4 nitrogen and oxygen atoms in total. The van der Waals surface area contributed by atoms with Gasteiger partial charge in [0.15, 0.2) is 0 Å². The molecule has 106 valence electrons. The second-order valence-corrected chi connectivity index (χ2v) is 5.94. The zero-order valence-corrected chi connectivity index (χ0v) is 11.9. The van der Waals surface area contributed by atoms with E-state index in [1.54, 1.807) is 0 Å². The Bertz CT molecular complexity index is 429. The maximum atomic E-state index is 9.31. The highest BCUT2D eigenvalue weighted by atomic mass is 16.3. The summed E-state index contributed by atoms with van der Waals surface area (Å²) in [4.78, 5) is 7.29. The number of aliphatic hydroxyl groups is 1. The molecule has 2 aliphatic heterocycles. The summed E-state index contributed by atoms with van der Waals surface area (Å²) in [5.74, 6) is 1.71. The van der Waals surface area contributed by atoms with E-state index in [2.05, 4.69) is 16.4 Å². The van der Waals surface area contributed by atoms with Gasteiger partial charge < -0.3 is 9.67 Å². The Morgan fingerprint density at radius 1 is 1.32 bits per heavy atom. The molecule has 0 saturated carbocycles. The van der Waals surface area contributed by atoms with Gasteiger partial charge in [0, 0.05) is 25.0 Å². The molecule has 1 fully saturated rings. The van der Waals surface area contributed by atoms with Crippen LogP contribution in [0.5, 0.6) is 0 Å². The number of hydrogen-bond acceptors (Lipinski definition) is 3. The van der Waals surface area contributed by atoms with E-state index in [-0.39, 0.29) is 0 Å². The van der Waals surface area contributed by atoms with Gasteiger partial charge in [-0.05, 0) is 44.7 Å². The average Bonchev–Trinajstić information content (AvgIpc) is 2.89. The lowest BCUT2D eigenvalue weighted by Crippen LogP contribution is -2.35. The number of aliphatic hydroxyl groups excluding tert-OH is 1. The van der Waals surface area contributed by atoms with E-state index in [0.29, 0.717) is 18.6 Å². The standard InChI is InChI=1S/C15H25N3O/c1-2-17-7-4-3-5-14(17)15-16-10-13-9-12(11-19)6-8-18(13)15/h10,12,14,19H,2-9,11H2,1H3. The Balaban J connectivity index is 1.84. The fraction of sp³-hybridized carbons (Fsp3) is 0.800. The van der Waals surface area contributed by atoms with Crippen LogP contribution in [0.25, 0.3) is 0 Å². The molecule has 3 rings (SSSR count). The van der Waals surface area contributed by atoms with Crippen molar-refractivity contribution < 1.29 is 5.11 Å². The van der Waals surface area contributed by atoms with Crippen LogP contribution in [0.3, 0.4) is 0 Å². The summed E-state index contributed by atoms with van der Waals surface area (Å²) >= 11 is 0. The van der Waals surface area contributed by atoms with Gasteiger partial charge >= 0.3 is 0 Å². The number of rotatable bonds is 3. The highest BCUT2D eigenvalue weighted by Crippen LogP contribution is 2.32. The molecule has 2 unspecified atom stereocenters. The van der Waals surface area contributed by atoms with Crippen molar-refractivity contribution in [2.45, 2.75) is 51.6 Å². The summed E-state index contributed by atoms with van der Waals surface area (Å²) in [5.41, 5.74) is 1.32. The molecular weight excluding hydrogens is 238 g/mol. The highest BCUT2D eigenvalue weighted by Gasteiger charge is 2.29. The molecule has 1 aromatic heterocycles. The lowest BCUT2D eigenvalue weighted by Gasteiger charge is -2.35. The number of imidazole rings is 1. The monoisotopic (exact) mass is 263 g/mol. The molecule has 3 heterocycles. The first kappa shape index (κ1) is 13.1. The smallest absolute Gasteiger partial charge is 0.126 e.